The number of aromatic nitrogens is 2. The van der Waals surface area contributed by atoms with Crippen molar-refractivity contribution in [3.05, 3.63) is 194 Å². The van der Waals surface area contributed by atoms with Gasteiger partial charge in [-0.1, -0.05) is 72.8 Å². The largest absolute Gasteiger partial charge is 2.00 e. The smallest absolute Gasteiger partial charge is 0.342 e. The summed E-state index contributed by atoms with van der Waals surface area (Å²) in [6.07, 6.45) is 10.5. The molecule has 0 aliphatic rings. The quantitative estimate of drug-likeness (QED) is 0.167. The summed E-state index contributed by atoms with van der Waals surface area (Å²) in [5, 5.41) is 5.21. The monoisotopic (exact) mass is 632 g/mol. The fourth-order valence-electron chi connectivity index (χ4n) is 5.16. The minimum Gasteiger partial charge on any atom is -0.342 e. The van der Waals surface area contributed by atoms with E-state index >= 15 is 0 Å². The van der Waals surface area contributed by atoms with Gasteiger partial charge in [0.05, 0.1) is 0 Å². The SMILES string of the molecule is [Zr+2].c1ccc(CCc2ccccc2)cc1.c1ccc2[cH-]c(-n3cccc3)cc2c1.c1ccc2[cH-]c(-n3cccc3)cc2c1. The third kappa shape index (κ3) is 8.10. The van der Waals surface area contributed by atoms with Crippen molar-refractivity contribution in [2.45, 2.75) is 12.8 Å². The van der Waals surface area contributed by atoms with Crippen molar-refractivity contribution in [2.24, 2.45) is 0 Å². The Kier molecular flexibility index (Phi) is 10.6. The number of rotatable bonds is 5. The molecule has 8 rings (SSSR count). The molecular formula is C40H34N2Zr. The number of nitrogens with zero attached hydrogens (tertiary/aromatic N) is 2. The zero-order chi connectivity index (χ0) is 28.4. The van der Waals surface area contributed by atoms with Crippen molar-refractivity contribution < 1.29 is 26.2 Å². The molecule has 0 saturated heterocycles. The van der Waals surface area contributed by atoms with Crippen LogP contribution in [0.25, 0.3) is 32.9 Å². The second-order valence-electron chi connectivity index (χ2n) is 10.3. The van der Waals surface area contributed by atoms with Crippen LogP contribution in [0.1, 0.15) is 11.1 Å². The summed E-state index contributed by atoms with van der Waals surface area (Å²) in [6.45, 7) is 0. The molecule has 6 aromatic carbocycles. The molecule has 0 amide bonds. The van der Waals surface area contributed by atoms with E-state index in [9.17, 15) is 0 Å². The van der Waals surface area contributed by atoms with Gasteiger partial charge >= 0.3 is 26.2 Å². The van der Waals surface area contributed by atoms with Gasteiger partial charge in [0.25, 0.3) is 0 Å². The Morgan fingerprint density at radius 1 is 0.395 bits per heavy atom. The molecule has 0 saturated carbocycles. The molecule has 0 fully saturated rings. The Hall–Kier alpha value is -4.46. The molecule has 3 heteroatoms. The first kappa shape index (κ1) is 30.0. The Morgan fingerprint density at radius 2 is 0.744 bits per heavy atom. The molecule has 0 atom stereocenters. The van der Waals surface area contributed by atoms with Crippen LogP contribution >= 0.6 is 0 Å². The summed E-state index contributed by atoms with van der Waals surface area (Å²) < 4.78 is 4.25. The number of hydrogen-bond donors (Lipinski definition) is 0. The van der Waals surface area contributed by atoms with Crippen LogP contribution in [-0.2, 0) is 39.0 Å². The van der Waals surface area contributed by atoms with Crippen molar-refractivity contribution >= 4 is 21.5 Å². The fraction of sp³-hybridized carbons (Fsp3) is 0.0500. The average Bonchev–Trinajstić information content (AvgIpc) is 3.87. The van der Waals surface area contributed by atoms with Gasteiger partial charge in [-0.05, 0) is 59.6 Å². The summed E-state index contributed by atoms with van der Waals surface area (Å²) in [5.74, 6) is 0. The normalized spacial score (nSPS) is 10.3. The van der Waals surface area contributed by atoms with Crippen molar-refractivity contribution in [1.29, 1.82) is 0 Å². The molecule has 0 aliphatic heterocycles. The maximum Gasteiger partial charge on any atom is 2.00 e. The van der Waals surface area contributed by atoms with Crippen LogP contribution in [0.15, 0.2) is 183 Å². The number of benzene rings is 4. The van der Waals surface area contributed by atoms with E-state index < -0.39 is 0 Å². The molecule has 0 bridgehead atoms. The van der Waals surface area contributed by atoms with E-state index in [-0.39, 0.29) is 26.2 Å². The average molecular weight is 634 g/mol. The first-order valence-corrected chi connectivity index (χ1v) is 14.5. The van der Waals surface area contributed by atoms with E-state index in [0.717, 1.165) is 12.8 Å². The molecule has 0 aliphatic carbocycles. The molecule has 8 aromatic rings. The minimum atomic E-state index is 0. The zero-order valence-corrected chi connectivity index (χ0v) is 26.6. The van der Waals surface area contributed by atoms with Crippen LogP contribution in [0.3, 0.4) is 0 Å². The van der Waals surface area contributed by atoms with E-state index in [4.69, 9.17) is 0 Å². The molecular weight excluding hydrogens is 600 g/mol. The molecule has 0 spiro atoms. The van der Waals surface area contributed by atoms with Crippen LogP contribution in [0.2, 0.25) is 0 Å². The Balaban J connectivity index is 0.000000127. The van der Waals surface area contributed by atoms with Crippen LogP contribution in [0, 0.1) is 0 Å². The van der Waals surface area contributed by atoms with Gasteiger partial charge in [0, 0.05) is 24.8 Å². The molecule has 0 N–H and O–H groups in total. The topological polar surface area (TPSA) is 9.86 Å². The van der Waals surface area contributed by atoms with E-state index in [1.54, 1.807) is 0 Å². The van der Waals surface area contributed by atoms with E-state index in [0.29, 0.717) is 0 Å². The van der Waals surface area contributed by atoms with E-state index in [1.807, 2.05) is 24.3 Å². The molecule has 0 unspecified atom stereocenters. The maximum atomic E-state index is 2.20. The standard InChI is InChI=1S/C14H14.2C13H10N.Zr/c1-3-7-13(8-4-1)11-12-14-9-5-2-6-10-14;2*1-2-6-12-10-13(9-11(12)5-1)14-7-3-4-8-14;/h1-10H,11-12H2;2*1-10H;/q;2*-1;+2. The second kappa shape index (κ2) is 15.1. The Labute approximate surface area is 273 Å². The zero-order valence-electron chi connectivity index (χ0n) is 24.1. The Bertz CT molecular complexity index is 1700. The van der Waals surface area contributed by atoms with Crippen molar-refractivity contribution in [3.8, 4) is 11.4 Å². The van der Waals surface area contributed by atoms with Gasteiger partial charge in [0.15, 0.2) is 0 Å². The molecule has 43 heavy (non-hydrogen) atoms. The van der Waals surface area contributed by atoms with Crippen LogP contribution in [0.4, 0.5) is 0 Å². The van der Waals surface area contributed by atoms with Gasteiger partial charge in [-0.2, -0.15) is 0 Å². The van der Waals surface area contributed by atoms with Crippen molar-refractivity contribution in [2.75, 3.05) is 0 Å². The van der Waals surface area contributed by atoms with Gasteiger partial charge in [-0.25, -0.2) is 0 Å². The fourth-order valence-corrected chi connectivity index (χ4v) is 5.16. The third-order valence-corrected chi connectivity index (χ3v) is 7.40. The van der Waals surface area contributed by atoms with Crippen LogP contribution in [0.5, 0.6) is 0 Å². The predicted octanol–water partition coefficient (Wildman–Crippen LogP) is 10.2. The predicted molar refractivity (Wildman–Crippen MR) is 178 cm³/mol. The van der Waals surface area contributed by atoms with Gasteiger partial charge in [-0.3, -0.25) is 0 Å². The van der Waals surface area contributed by atoms with Crippen molar-refractivity contribution in [1.82, 2.24) is 9.13 Å². The first-order chi connectivity index (χ1) is 20.8. The molecule has 0 radical (unpaired) electrons. The first-order valence-electron chi connectivity index (χ1n) is 14.5. The summed E-state index contributed by atoms with van der Waals surface area (Å²) in [5.41, 5.74) is 5.29. The number of aryl methyl sites for hydroxylation is 2. The van der Waals surface area contributed by atoms with Gasteiger partial charge in [0.2, 0.25) is 0 Å². The van der Waals surface area contributed by atoms with Gasteiger partial charge in [-0.15, -0.1) is 82.2 Å². The third-order valence-electron chi connectivity index (χ3n) is 7.40. The van der Waals surface area contributed by atoms with Crippen LogP contribution < -0.4 is 0 Å². The molecule has 2 nitrogen and oxygen atoms in total. The van der Waals surface area contributed by atoms with Gasteiger partial charge in [0.1, 0.15) is 0 Å². The number of hydrogen-bond acceptors (Lipinski definition) is 0. The van der Waals surface area contributed by atoms with Gasteiger partial charge < -0.3 is 9.13 Å². The summed E-state index contributed by atoms with van der Waals surface area (Å²) in [4.78, 5) is 0. The summed E-state index contributed by atoms with van der Waals surface area (Å²) >= 11 is 0. The molecule has 2 aromatic heterocycles. The van der Waals surface area contributed by atoms with E-state index in [2.05, 4.69) is 167 Å². The second-order valence-corrected chi connectivity index (χ2v) is 10.3. The maximum absolute atomic E-state index is 2.20. The minimum absolute atomic E-state index is 0. The number of fused-ring (bicyclic) bond motifs is 2. The summed E-state index contributed by atoms with van der Waals surface area (Å²) in [6, 6.07) is 55.1. The molecule has 2 heterocycles. The van der Waals surface area contributed by atoms with E-state index in [1.165, 1.54) is 44.0 Å². The Morgan fingerprint density at radius 3 is 1.12 bits per heavy atom. The van der Waals surface area contributed by atoms with Crippen molar-refractivity contribution in [3.63, 3.8) is 0 Å². The summed E-state index contributed by atoms with van der Waals surface area (Å²) in [7, 11) is 0. The molecule has 208 valence electrons. The van der Waals surface area contributed by atoms with Crippen LogP contribution in [-0.4, -0.2) is 9.13 Å².